The fourth-order valence-electron chi connectivity index (χ4n) is 3.81. The zero-order valence-electron chi connectivity index (χ0n) is 15.6. The second-order valence-electron chi connectivity index (χ2n) is 7.64. The lowest BCUT2D eigenvalue weighted by Gasteiger charge is -2.28. The molecule has 1 aliphatic carbocycles. The summed E-state index contributed by atoms with van der Waals surface area (Å²) in [6.45, 7) is 4.00. The summed E-state index contributed by atoms with van der Waals surface area (Å²) in [5.74, 6) is 0.348. The van der Waals surface area contributed by atoms with E-state index in [9.17, 15) is 13.2 Å². The first-order valence-corrected chi connectivity index (χ1v) is 12.0. The van der Waals surface area contributed by atoms with Crippen molar-refractivity contribution in [3.8, 4) is 11.3 Å². The molecule has 0 unspecified atom stereocenters. The highest BCUT2D eigenvalue weighted by Gasteiger charge is 2.42. The van der Waals surface area contributed by atoms with E-state index in [0.29, 0.717) is 12.8 Å². The number of thiazole rings is 1. The lowest BCUT2D eigenvalue weighted by atomic mass is 10.1. The van der Waals surface area contributed by atoms with Gasteiger partial charge in [-0.2, -0.15) is 0 Å². The van der Waals surface area contributed by atoms with Gasteiger partial charge in [-0.1, -0.05) is 29.8 Å². The van der Waals surface area contributed by atoms with Gasteiger partial charge < -0.3 is 4.90 Å². The van der Waals surface area contributed by atoms with Crippen molar-refractivity contribution in [3.05, 3.63) is 39.7 Å². The molecule has 2 heterocycles. The van der Waals surface area contributed by atoms with Gasteiger partial charge in [0.25, 0.3) is 0 Å². The van der Waals surface area contributed by atoms with Gasteiger partial charge in [-0.25, -0.2) is 13.4 Å². The van der Waals surface area contributed by atoms with E-state index < -0.39 is 9.84 Å². The number of nitrogens with zero attached hydrogens (tertiary/aromatic N) is 2. The van der Waals surface area contributed by atoms with E-state index in [4.69, 9.17) is 0 Å². The minimum Gasteiger partial charge on any atom is -0.335 e. The summed E-state index contributed by atoms with van der Waals surface area (Å²) in [4.78, 5) is 20.6. The van der Waals surface area contributed by atoms with Crippen LogP contribution in [0.1, 0.15) is 34.7 Å². The molecule has 1 aliphatic heterocycles. The van der Waals surface area contributed by atoms with E-state index >= 15 is 0 Å². The smallest absolute Gasteiger partial charge is 0.228 e. The molecule has 0 radical (unpaired) electrons. The molecule has 1 amide bonds. The van der Waals surface area contributed by atoms with E-state index in [1.54, 1.807) is 11.3 Å². The summed E-state index contributed by atoms with van der Waals surface area (Å²) < 4.78 is 23.8. The Morgan fingerprint density at radius 1 is 1.15 bits per heavy atom. The molecule has 144 valence electrons. The van der Waals surface area contributed by atoms with Crippen LogP contribution in [-0.2, 0) is 21.1 Å². The van der Waals surface area contributed by atoms with Gasteiger partial charge in [0.05, 0.1) is 28.6 Å². The molecule has 27 heavy (non-hydrogen) atoms. The van der Waals surface area contributed by atoms with Crippen LogP contribution < -0.4 is 0 Å². The van der Waals surface area contributed by atoms with E-state index in [0.717, 1.165) is 34.0 Å². The Morgan fingerprint density at radius 3 is 2.44 bits per heavy atom. The minimum atomic E-state index is -3.01. The summed E-state index contributed by atoms with van der Waals surface area (Å²) in [5, 5.41) is 0.940. The fraction of sp³-hybridized carbons (Fsp3) is 0.500. The van der Waals surface area contributed by atoms with Gasteiger partial charge in [0.2, 0.25) is 5.91 Å². The van der Waals surface area contributed by atoms with Crippen molar-refractivity contribution in [1.29, 1.82) is 0 Å². The predicted octanol–water partition coefficient (Wildman–Crippen LogP) is 3.15. The molecule has 1 aromatic carbocycles. The van der Waals surface area contributed by atoms with Crippen molar-refractivity contribution in [1.82, 2.24) is 9.88 Å². The zero-order valence-corrected chi connectivity index (χ0v) is 17.3. The maximum atomic E-state index is 13.1. The Hall–Kier alpha value is -1.73. The number of hydrogen-bond donors (Lipinski definition) is 0. The summed E-state index contributed by atoms with van der Waals surface area (Å²) in [5.41, 5.74) is 3.08. The van der Waals surface area contributed by atoms with Crippen molar-refractivity contribution >= 4 is 27.1 Å². The normalized spacial score (nSPS) is 21.3. The molecule has 0 bridgehead atoms. The van der Waals surface area contributed by atoms with Gasteiger partial charge in [-0.15, -0.1) is 11.3 Å². The van der Waals surface area contributed by atoms with E-state index in [2.05, 4.69) is 17.1 Å². The predicted molar refractivity (Wildman–Crippen MR) is 108 cm³/mol. The van der Waals surface area contributed by atoms with Crippen LogP contribution in [0.25, 0.3) is 11.3 Å². The molecular weight excluding hydrogens is 380 g/mol. The molecule has 2 aromatic rings. The van der Waals surface area contributed by atoms with Crippen LogP contribution in [0.5, 0.6) is 0 Å². The Balaban J connectivity index is 1.58. The van der Waals surface area contributed by atoms with Crippen molar-refractivity contribution in [2.75, 3.05) is 11.5 Å². The van der Waals surface area contributed by atoms with E-state index in [-0.39, 0.29) is 29.5 Å². The van der Waals surface area contributed by atoms with Crippen LogP contribution in [0.3, 0.4) is 0 Å². The number of amides is 1. The number of benzene rings is 1. The molecule has 1 saturated heterocycles. The third-order valence-corrected chi connectivity index (χ3v) is 7.99. The second-order valence-corrected chi connectivity index (χ2v) is 11.2. The largest absolute Gasteiger partial charge is 0.335 e. The molecule has 7 heteroatoms. The van der Waals surface area contributed by atoms with Gasteiger partial charge in [-0.05, 0) is 33.1 Å². The quantitative estimate of drug-likeness (QED) is 0.768. The molecule has 1 saturated carbocycles. The number of sulfone groups is 1. The van der Waals surface area contributed by atoms with Crippen LogP contribution in [-0.4, -0.2) is 47.8 Å². The maximum absolute atomic E-state index is 13.1. The molecule has 1 aromatic heterocycles. The third kappa shape index (κ3) is 4.09. The van der Waals surface area contributed by atoms with Crippen LogP contribution in [0, 0.1) is 13.8 Å². The molecule has 5 nitrogen and oxygen atoms in total. The van der Waals surface area contributed by atoms with Crippen LogP contribution in [0.2, 0.25) is 0 Å². The monoisotopic (exact) mass is 404 g/mol. The Kier molecular flexibility index (Phi) is 4.84. The Morgan fingerprint density at radius 2 is 1.85 bits per heavy atom. The SMILES string of the molecule is Cc1ccc(-c2nc(C)sc2CC(=O)N(C2CC2)[C@H]2CCS(=O)(=O)C2)cc1. The standard InChI is InChI=1S/C20H24N2O3S2/c1-13-3-5-15(6-4-13)20-18(26-14(2)21-20)11-19(23)22(16-7-8-16)17-9-10-27(24,25)12-17/h3-6,16-17H,7-12H2,1-2H3/t17-/m0/s1. The first-order valence-electron chi connectivity index (χ1n) is 9.37. The van der Waals surface area contributed by atoms with Gasteiger partial charge >= 0.3 is 0 Å². The number of rotatable bonds is 5. The molecule has 2 fully saturated rings. The lowest BCUT2D eigenvalue weighted by Crippen LogP contribution is -2.43. The van der Waals surface area contributed by atoms with Crippen molar-refractivity contribution in [3.63, 3.8) is 0 Å². The average molecular weight is 405 g/mol. The lowest BCUT2D eigenvalue weighted by molar-refractivity contribution is -0.132. The fourth-order valence-corrected chi connectivity index (χ4v) is 6.47. The number of carbonyl (C=O) groups is 1. The molecule has 0 N–H and O–H groups in total. The number of aryl methyl sites for hydroxylation is 2. The Labute approximate surface area is 164 Å². The first kappa shape index (κ1) is 18.6. The summed E-state index contributed by atoms with van der Waals surface area (Å²) in [6.07, 6.45) is 2.82. The first-order chi connectivity index (χ1) is 12.8. The number of carbonyl (C=O) groups excluding carboxylic acids is 1. The van der Waals surface area contributed by atoms with Gasteiger partial charge in [0, 0.05) is 22.5 Å². The summed E-state index contributed by atoms with van der Waals surface area (Å²) in [6, 6.07) is 8.24. The maximum Gasteiger partial charge on any atom is 0.228 e. The minimum absolute atomic E-state index is 0.0385. The second kappa shape index (κ2) is 7.02. The molecule has 0 spiro atoms. The highest BCUT2D eigenvalue weighted by Crippen LogP contribution is 2.34. The van der Waals surface area contributed by atoms with E-state index in [1.165, 1.54) is 5.56 Å². The van der Waals surface area contributed by atoms with Gasteiger partial charge in [0.15, 0.2) is 9.84 Å². The highest BCUT2D eigenvalue weighted by atomic mass is 32.2. The highest BCUT2D eigenvalue weighted by molar-refractivity contribution is 7.91. The Bertz CT molecular complexity index is 960. The van der Waals surface area contributed by atoms with Crippen molar-refractivity contribution in [2.24, 2.45) is 0 Å². The van der Waals surface area contributed by atoms with Crippen molar-refractivity contribution < 1.29 is 13.2 Å². The zero-order chi connectivity index (χ0) is 19.2. The van der Waals surface area contributed by atoms with E-state index in [1.807, 2.05) is 30.9 Å². The molecule has 1 atom stereocenters. The number of hydrogen-bond acceptors (Lipinski definition) is 5. The number of aromatic nitrogens is 1. The summed E-state index contributed by atoms with van der Waals surface area (Å²) in [7, 11) is -3.01. The topological polar surface area (TPSA) is 67.3 Å². The van der Waals surface area contributed by atoms with Crippen LogP contribution >= 0.6 is 11.3 Å². The summed E-state index contributed by atoms with van der Waals surface area (Å²) >= 11 is 1.56. The average Bonchev–Trinajstić information content (AvgIpc) is 3.27. The molecule has 2 aliphatic rings. The van der Waals surface area contributed by atoms with Crippen LogP contribution in [0.15, 0.2) is 24.3 Å². The van der Waals surface area contributed by atoms with Crippen molar-refractivity contribution in [2.45, 2.75) is 51.6 Å². The van der Waals surface area contributed by atoms with Gasteiger partial charge in [-0.3, -0.25) is 4.79 Å². The van der Waals surface area contributed by atoms with Crippen LogP contribution in [0.4, 0.5) is 0 Å². The third-order valence-electron chi connectivity index (χ3n) is 5.27. The van der Waals surface area contributed by atoms with Gasteiger partial charge in [0.1, 0.15) is 0 Å². The molecule has 4 rings (SSSR count). The molecular formula is C20H24N2O3S2.